The Balaban J connectivity index is 0. The highest BCUT2D eigenvalue weighted by atomic mass is 31.2. The summed E-state index contributed by atoms with van der Waals surface area (Å²) in [6, 6.07) is 0. The summed E-state index contributed by atoms with van der Waals surface area (Å²) in [6.07, 6.45) is -3.00. The first-order valence-electron chi connectivity index (χ1n) is 1.74. The Morgan fingerprint density at radius 2 is 1.10 bits per heavy atom. The lowest BCUT2D eigenvalue weighted by molar-refractivity contribution is -0.306. The van der Waals surface area contributed by atoms with Gasteiger partial charge in [0.25, 0.3) is 0 Å². The van der Waals surface area contributed by atoms with Crippen LogP contribution in [0.1, 0.15) is 0 Å². The number of nitrogens with two attached hydrogens (primary N) is 1. The molecule has 0 saturated heterocycles. The molecular formula is CH8NO7P. The fourth-order valence-corrected chi connectivity index (χ4v) is 0. The van der Waals surface area contributed by atoms with Crippen LogP contribution in [0.15, 0.2) is 0 Å². The fraction of sp³-hybridized carbons (Fsp3) is 1.00. The molecule has 0 radical (unpaired) electrons. The smallest absolute Gasteiger partial charge is 0.330 e. The van der Waals surface area contributed by atoms with Gasteiger partial charge in [-0.3, -0.25) is 5.73 Å². The number of hydrogen-bond donors (Lipinski definition) is 7. The van der Waals surface area contributed by atoms with Gasteiger partial charge in [-0.15, -0.1) is 0 Å². The second-order valence-corrected chi connectivity index (χ2v) is 2.23. The molecule has 9 heteroatoms. The lowest BCUT2D eigenvalue weighted by Crippen LogP contribution is -2.38. The largest absolute Gasteiger partial charge is 0.466 e. The molecule has 10 heavy (non-hydrogen) atoms. The summed E-state index contributed by atoms with van der Waals surface area (Å²) in [4.78, 5) is 21.6. The summed E-state index contributed by atoms with van der Waals surface area (Å²) < 4.78 is 8.88. The van der Waals surface area contributed by atoms with Gasteiger partial charge in [-0.2, -0.15) is 0 Å². The second-order valence-electron chi connectivity index (χ2n) is 1.20. The predicted molar refractivity (Wildman–Crippen MR) is 27.8 cm³/mol. The molecule has 0 atom stereocenters. The predicted octanol–water partition coefficient (Wildman–Crippen LogP) is -3.40. The van der Waals surface area contributed by atoms with Crippen LogP contribution in [0.4, 0.5) is 0 Å². The minimum absolute atomic E-state index is 3.00. The number of aliphatic hydroxyl groups is 3. The molecule has 8 nitrogen and oxygen atoms in total. The van der Waals surface area contributed by atoms with Crippen molar-refractivity contribution >= 4 is 7.82 Å². The zero-order valence-corrected chi connectivity index (χ0v) is 5.51. The normalized spacial score (nSPS) is 11.9. The Hall–Kier alpha value is -0.0500. The van der Waals surface area contributed by atoms with E-state index in [2.05, 4.69) is 5.73 Å². The van der Waals surface area contributed by atoms with E-state index in [0.717, 1.165) is 0 Å². The van der Waals surface area contributed by atoms with E-state index in [4.69, 9.17) is 34.6 Å². The Morgan fingerprint density at radius 1 is 1.10 bits per heavy atom. The molecule has 0 unspecified atom stereocenters. The van der Waals surface area contributed by atoms with Gasteiger partial charge in [0.05, 0.1) is 0 Å². The Kier molecular flexibility index (Phi) is 5.00. The molecule has 0 amide bonds. The van der Waals surface area contributed by atoms with Crippen LogP contribution in [0.5, 0.6) is 0 Å². The van der Waals surface area contributed by atoms with Gasteiger partial charge in [0.1, 0.15) is 0 Å². The van der Waals surface area contributed by atoms with Crippen LogP contribution < -0.4 is 5.73 Å². The zero-order chi connectivity index (χ0) is 9.00. The topological polar surface area (TPSA) is 164 Å². The van der Waals surface area contributed by atoms with E-state index < -0.39 is 13.9 Å². The number of rotatable bonds is 0. The first-order valence-corrected chi connectivity index (χ1v) is 3.31. The van der Waals surface area contributed by atoms with Crippen molar-refractivity contribution in [2.75, 3.05) is 0 Å². The van der Waals surface area contributed by atoms with Crippen LogP contribution in [-0.2, 0) is 4.57 Å². The van der Waals surface area contributed by atoms with Crippen molar-refractivity contribution in [3.63, 3.8) is 0 Å². The van der Waals surface area contributed by atoms with E-state index in [1.807, 2.05) is 0 Å². The first-order chi connectivity index (χ1) is 4.00. The summed E-state index contributed by atoms with van der Waals surface area (Å²) in [5, 5.41) is 22.2. The van der Waals surface area contributed by atoms with E-state index in [0.29, 0.717) is 0 Å². The minimum Gasteiger partial charge on any atom is -0.330 e. The SMILES string of the molecule is NC(O)(O)O.O=P(O)(O)O. The van der Waals surface area contributed by atoms with Crippen molar-refractivity contribution in [2.24, 2.45) is 5.73 Å². The molecule has 8 N–H and O–H groups in total. The molecule has 0 aromatic heterocycles. The third-order valence-electron chi connectivity index (χ3n) is 0. The highest BCUT2D eigenvalue weighted by Crippen LogP contribution is 2.25. The van der Waals surface area contributed by atoms with Gasteiger partial charge in [0, 0.05) is 0 Å². The van der Waals surface area contributed by atoms with Crippen LogP contribution in [0.3, 0.4) is 0 Å². The van der Waals surface area contributed by atoms with E-state index in [-0.39, 0.29) is 0 Å². The van der Waals surface area contributed by atoms with E-state index in [1.165, 1.54) is 0 Å². The van der Waals surface area contributed by atoms with E-state index in [1.54, 1.807) is 0 Å². The summed E-state index contributed by atoms with van der Waals surface area (Å²) >= 11 is 0. The Morgan fingerprint density at radius 3 is 1.10 bits per heavy atom. The van der Waals surface area contributed by atoms with Gasteiger partial charge in [-0.1, -0.05) is 0 Å². The average molecular weight is 177 g/mol. The van der Waals surface area contributed by atoms with Crippen LogP contribution in [0.25, 0.3) is 0 Å². The van der Waals surface area contributed by atoms with Crippen molar-refractivity contribution in [1.82, 2.24) is 0 Å². The number of phosphoric acid groups is 1. The van der Waals surface area contributed by atoms with E-state index in [9.17, 15) is 0 Å². The molecule has 0 aromatic rings. The lowest BCUT2D eigenvalue weighted by atomic mass is 11.1. The first kappa shape index (κ1) is 12.6. The van der Waals surface area contributed by atoms with Crippen molar-refractivity contribution in [3.05, 3.63) is 0 Å². The fourth-order valence-electron chi connectivity index (χ4n) is 0. The maximum absolute atomic E-state index is 8.88. The second kappa shape index (κ2) is 3.96. The molecule has 64 valence electrons. The van der Waals surface area contributed by atoms with Crippen LogP contribution >= 0.6 is 7.82 Å². The van der Waals surface area contributed by atoms with Crippen LogP contribution in [0.2, 0.25) is 0 Å². The summed E-state index contributed by atoms with van der Waals surface area (Å²) in [7, 11) is -4.64. The Bertz CT molecular complexity index is 106. The third kappa shape index (κ3) is 154000. The maximum Gasteiger partial charge on any atom is 0.466 e. The molecule has 0 heterocycles. The van der Waals surface area contributed by atoms with Gasteiger partial charge < -0.3 is 30.0 Å². The molecule has 0 spiro atoms. The molecule has 0 fully saturated rings. The molecular weight excluding hydrogens is 169 g/mol. The van der Waals surface area contributed by atoms with Gasteiger partial charge >= 0.3 is 13.9 Å². The van der Waals surface area contributed by atoms with Gasteiger partial charge in [-0.25, -0.2) is 4.57 Å². The molecule has 0 aliphatic rings. The van der Waals surface area contributed by atoms with Gasteiger partial charge in [0.15, 0.2) is 0 Å². The molecule has 0 saturated carbocycles. The summed E-state index contributed by atoms with van der Waals surface area (Å²) in [5.41, 5.74) is 4.02. The number of hydrogen-bond acceptors (Lipinski definition) is 5. The van der Waals surface area contributed by atoms with Crippen molar-refractivity contribution in [3.8, 4) is 0 Å². The van der Waals surface area contributed by atoms with Gasteiger partial charge in [-0.05, 0) is 0 Å². The lowest BCUT2D eigenvalue weighted by Gasteiger charge is -2.01. The van der Waals surface area contributed by atoms with Crippen molar-refractivity contribution in [1.29, 1.82) is 0 Å². The van der Waals surface area contributed by atoms with Crippen LogP contribution in [0, 0.1) is 0 Å². The molecule has 0 bridgehead atoms. The van der Waals surface area contributed by atoms with E-state index >= 15 is 0 Å². The quantitative estimate of drug-likeness (QED) is 0.148. The maximum atomic E-state index is 8.88. The monoisotopic (exact) mass is 177 g/mol. The molecule has 0 aliphatic heterocycles. The standard InChI is InChI=1S/CH5NO3.H3O4P/c2-1(3,4)5;1-5(2,3)4/h3-5H,2H2;(H3,1,2,3,4). The molecule has 0 aliphatic carbocycles. The van der Waals surface area contributed by atoms with Crippen molar-refractivity contribution < 1.29 is 34.6 Å². The zero-order valence-electron chi connectivity index (χ0n) is 4.62. The molecule has 0 aromatic carbocycles. The average Bonchev–Trinajstić information content (AvgIpc) is 1.12. The minimum atomic E-state index is -4.64. The highest BCUT2D eigenvalue weighted by Gasteiger charge is 2.04. The molecule has 0 rings (SSSR count). The summed E-state index contributed by atoms with van der Waals surface area (Å²) in [5.74, 6) is 0. The van der Waals surface area contributed by atoms with Crippen LogP contribution in [-0.4, -0.2) is 36.1 Å². The summed E-state index contributed by atoms with van der Waals surface area (Å²) in [6.45, 7) is 0. The van der Waals surface area contributed by atoms with Gasteiger partial charge in [0.2, 0.25) is 0 Å². The highest BCUT2D eigenvalue weighted by molar-refractivity contribution is 7.45. The van der Waals surface area contributed by atoms with Crippen molar-refractivity contribution in [2.45, 2.75) is 6.10 Å². The Labute approximate surface area is 55.4 Å². The third-order valence-corrected chi connectivity index (χ3v) is 0.